The van der Waals surface area contributed by atoms with Crippen molar-refractivity contribution in [3.05, 3.63) is 35.9 Å². The molecule has 1 heteroatoms. The average molecular weight is 176 g/mol. The standard InChI is InChI=1S/C12H16O/c1-12(2)10(8-13)11(12)9-6-4-3-5-7-9/h3-7,10-11,13H,8H2,1-2H3/t10-,11+/m0/s1. The summed E-state index contributed by atoms with van der Waals surface area (Å²) >= 11 is 0. The Hall–Kier alpha value is -0.820. The second-order valence-electron chi connectivity index (χ2n) is 4.50. The van der Waals surface area contributed by atoms with Crippen LogP contribution in [-0.2, 0) is 0 Å². The SMILES string of the molecule is CC1(C)[C@H](c2ccccc2)[C@@H]1CO. The monoisotopic (exact) mass is 176 g/mol. The van der Waals surface area contributed by atoms with Crippen LogP contribution >= 0.6 is 0 Å². The fourth-order valence-corrected chi connectivity index (χ4v) is 2.41. The fourth-order valence-electron chi connectivity index (χ4n) is 2.41. The normalized spacial score (nSPS) is 30.1. The molecule has 0 saturated heterocycles. The lowest BCUT2D eigenvalue weighted by Gasteiger charge is -2.01. The Bertz CT molecular complexity index is 289. The number of hydrogen-bond acceptors (Lipinski definition) is 1. The zero-order chi connectivity index (χ0) is 9.47. The molecule has 0 heterocycles. The quantitative estimate of drug-likeness (QED) is 0.733. The Morgan fingerprint density at radius 2 is 1.85 bits per heavy atom. The first-order valence-corrected chi connectivity index (χ1v) is 4.83. The lowest BCUT2D eigenvalue weighted by Crippen LogP contribution is -1.93. The Morgan fingerprint density at radius 1 is 1.23 bits per heavy atom. The van der Waals surface area contributed by atoms with Gasteiger partial charge in [-0.3, -0.25) is 0 Å². The van der Waals surface area contributed by atoms with E-state index in [0.717, 1.165) is 0 Å². The smallest absolute Gasteiger partial charge is 0.0470 e. The maximum atomic E-state index is 9.17. The maximum absolute atomic E-state index is 9.17. The van der Waals surface area contributed by atoms with Crippen molar-refractivity contribution in [1.29, 1.82) is 0 Å². The van der Waals surface area contributed by atoms with Gasteiger partial charge in [0.15, 0.2) is 0 Å². The van der Waals surface area contributed by atoms with Crippen molar-refractivity contribution >= 4 is 0 Å². The minimum absolute atomic E-state index is 0.288. The molecule has 1 aliphatic rings. The van der Waals surface area contributed by atoms with Gasteiger partial charge < -0.3 is 5.11 Å². The van der Waals surface area contributed by atoms with Gasteiger partial charge in [-0.1, -0.05) is 44.2 Å². The van der Waals surface area contributed by atoms with E-state index in [-0.39, 0.29) is 5.41 Å². The van der Waals surface area contributed by atoms with Crippen molar-refractivity contribution in [2.75, 3.05) is 6.61 Å². The molecule has 70 valence electrons. The molecule has 2 rings (SSSR count). The van der Waals surface area contributed by atoms with Gasteiger partial charge in [-0.25, -0.2) is 0 Å². The van der Waals surface area contributed by atoms with E-state index in [2.05, 4.69) is 38.1 Å². The van der Waals surface area contributed by atoms with Gasteiger partial charge in [0, 0.05) is 6.61 Å². The van der Waals surface area contributed by atoms with Gasteiger partial charge in [-0.15, -0.1) is 0 Å². The molecule has 2 atom stereocenters. The Labute approximate surface area is 79.4 Å². The van der Waals surface area contributed by atoms with Gasteiger partial charge in [-0.2, -0.15) is 0 Å². The summed E-state index contributed by atoms with van der Waals surface area (Å²) in [7, 11) is 0. The van der Waals surface area contributed by atoms with E-state index in [1.54, 1.807) is 0 Å². The van der Waals surface area contributed by atoms with Crippen LogP contribution in [0.2, 0.25) is 0 Å². The molecular formula is C12H16O. The molecule has 1 aliphatic carbocycles. The molecule has 1 nitrogen and oxygen atoms in total. The second-order valence-corrected chi connectivity index (χ2v) is 4.50. The molecular weight excluding hydrogens is 160 g/mol. The van der Waals surface area contributed by atoms with Crippen LogP contribution in [-0.4, -0.2) is 11.7 Å². The van der Waals surface area contributed by atoms with E-state index in [1.165, 1.54) is 5.56 Å². The molecule has 0 amide bonds. The predicted octanol–water partition coefficient (Wildman–Crippen LogP) is 2.42. The van der Waals surface area contributed by atoms with E-state index in [4.69, 9.17) is 0 Å². The van der Waals surface area contributed by atoms with Gasteiger partial charge in [0.25, 0.3) is 0 Å². The molecule has 0 bridgehead atoms. The Kier molecular flexibility index (Phi) is 1.92. The van der Waals surface area contributed by atoms with E-state index < -0.39 is 0 Å². The molecule has 0 unspecified atom stereocenters. The van der Waals surface area contributed by atoms with Crippen LogP contribution in [0.25, 0.3) is 0 Å². The lowest BCUT2D eigenvalue weighted by molar-refractivity contribution is 0.257. The van der Waals surface area contributed by atoms with Gasteiger partial charge >= 0.3 is 0 Å². The lowest BCUT2D eigenvalue weighted by atomic mass is 10.0. The maximum Gasteiger partial charge on any atom is 0.0470 e. The van der Waals surface area contributed by atoms with Crippen LogP contribution in [0.1, 0.15) is 25.3 Å². The van der Waals surface area contributed by atoms with E-state index >= 15 is 0 Å². The number of aliphatic hydroxyl groups is 1. The Balaban J connectivity index is 2.22. The summed E-state index contributed by atoms with van der Waals surface area (Å²) in [5.74, 6) is 1.01. The van der Waals surface area contributed by atoms with Crippen molar-refractivity contribution in [2.24, 2.45) is 11.3 Å². The molecule has 0 aromatic heterocycles. The molecule has 1 N–H and O–H groups in total. The second kappa shape index (κ2) is 2.85. The third-order valence-electron chi connectivity index (χ3n) is 3.41. The Morgan fingerprint density at radius 3 is 2.31 bits per heavy atom. The van der Waals surface area contributed by atoms with Crippen LogP contribution < -0.4 is 0 Å². The largest absolute Gasteiger partial charge is 0.396 e. The fraction of sp³-hybridized carbons (Fsp3) is 0.500. The summed E-state index contributed by atoms with van der Waals surface area (Å²) in [6.07, 6.45) is 0. The third-order valence-corrected chi connectivity index (χ3v) is 3.41. The van der Waals surface area contributed by atoms with Crippen molar-refractivity contribution < 1.29 is 5.11 Å². The molecule has 0 aliphatic heterocycles. The average Bonchev–Trinajstić information content (AvgIpc) is 2.69. The number of benzene rings is 1. The zero-order valence-corrected chi connectivity index (χ0v) is 8.20. The summed E-state index contributed by atoms with van der Waals surface area (Å²) in [6, 6.07) is 10.5. The predicted molar refractivity (Wildman–Crippen MR) is 53.5 cm³/mol. The van der Waals surface area contributed by atoms with Crippen LogP contribution in [0.3, 0.4) is 0 Å². The third kappa shape index (κ3) is 1.28. The number of rotatable bonds is 2. The summed E-state index contributed by atoms with van der Waals surface area (Å²) in [6.45, 7) is 4.77. The van der Waals surface area contributed by atoms with Crippen LogP contribution in [0.5, 0.6) is 0 Å². The molecule has 0 spiro atoms. The van der Waals surface area contributed by atoms with Gasteiger partial charge in [-0.05, 0) is 22.8 Å². The molecule has 1 fully saturated rings. The van der Waals surface area contributed by atoms with Crippen molar-refractivity contribution in [1.82, 2.24) is 0 Å². The highest BCUT2D eigenvalue weighted by Gasteiger charge is 2.57. The van der Waals surface area contributed by atoms with Crippen molar-refractivity contribution in [3.63, 3.8) is 0 Å². The van der Waals surface area contributed by atoms with Crippen LogP contribution in [0.4, 0.5) is 0 Å². The van der Waals surface area contributed by atoms with Gasteiger partial charge in [0.1, 0.15) is 0 Å². The highest BCUT2D eigenvalue weighted by atomic mass is 16.3. The zero-order valence-electron chi connectivity index (χ0n) is 8.20. The van der Waals surface area contributed by atoms with E-state index in [0.29, 0.717) is 18.4 Å². The first-order valence-electron chi connectivity index (χ1n) is 4.83. The van der Waals surface area contributed by atoms with E-state index in [1.807, 2.05) is 6.07 Å². The van der Waals surface area contributed by atoms with Crippen molar-refractivity contribution in [2.45, 2.75) is 19.8 Å². The number of hydrogen-bond donors (Lipinski definition) is 1. The summed E-state index contributed by atoms with van der Waals surface area (Å²) < 4.78 is 0. The molecule has 1 saturated carbocycles. The van der Waals surface area contributed by atoms with Crippen molar-refractivity contribution in [3.8, 4) is 0 Å². The van der Waals surface area contributed by atoms with Gasteiger partial charge in [0.2, 0.25) is 0 Å². The molecule has 0 radical (unpaired) electrons. The first kappa shape index (κ1) is 8.76. The van der Waals surface area contributed by atoms with Gasteiger partial charge in [0.05, 0.1) is 0 Å². The molecule has 1 aromatic carbocycles. The summed E-state index contributed by atoms with van der Waals surface area (Å²) in [5.41, 5.74) is 1.65. The molecule has 13 heavy (non-hydrogen) atoms. The first-order chi connectivity index (χ1) is 6.18. The number of aliphatic hydroxyl groups excluding tert-OH is 1. The van der Waals surface area contributed by atoms with Crippen LogP contribution in [0.15, 0.2) is 30.3 Å². The minimum atomic E-state index is 0.288. The highest BCUT2D eigenvalue weighted by molar-refractivity contribution is 5.31. The topological polar surface area (TPSA) is 20.2 Å². The minimum Gasteiger partial charge on any atom is -0.396 e. The molecule has 1 aromatic rings. The summed E-state index contributed by atoms with van der Waals surface area (Å²) in [5, 5.41) is 9.17. The summed E-state index contributed by atoms with van der Waals surface area (Å²) in [4.78, 5) is 0. The van der Waals surface area contributed by atoms with Crippen LogP contribution in [0, 0.1) is 11.3 Å². The van der Waals surface area contributed by atoms with E-state index in [9.17, 15) is 5.11 Å². The highest BCUT2D eigenvalue weighted by Crippen LogP contribution is 2.63.